The summed E-state index contributed by atoms with van der Waals surface area (Å²) in [6.07, 6.45) is 2.00. The number of benzene rings is 3. The van der Waals surface area contributed by atoms with E-state index < -0.39 is 11.6 Å². The summed E-state index contributed by atoms with van der Waals surface area (Å²) in [5, 5.41) is 9.46. The van der Waals surface area contributed by atoms with Crippen LogP contribution in [0.25, 0.3) is 16.8 Å². The van der Waals surface area contributed by atoms with Crippen LogP contribution in [0.5, 0.6) is 5.75 Å². The molecule has 0 amide bonds. The van der Waals surface area contributed by atoms with Gasteiger partial charge in [0.25, 0.3) is 5.56 Å². The molecule has 1 aromatic heterocycles. The second-order valence-corrected chi connectivity index (χ2v) is 10.1. The Morgan fingerprint density at radius 2 is 1.70 bits per heavy atom. The molecule has 0 unspecified atom stereocenters. The van der Waals surface area contributed by atoms with Crippen LogP contribution in [0.4, 0.5) is 0 Å². The summed E-state index contributed by atoms with van der Waals surface area (Å²) in [4.78, 5) is 29.6. The Morgan fingerprint density at radius 3 is 2.33 bits per heavy atom. The van der Waals surface area contributed by atoms with Crippen molar-refractivity contribution in [3.8, 4) is 28.6 Å². The monoisotopic (exact) mass is 535 g/mol. The molecule has 7 nitrogen and oxygen atoms in total. The minimum atomic E-state index is -1.13. The van der Waals surface area contributed by atoms with Gasteiger partial charge in [-0.2, -0.15) is 10.2 Å². The molecule has 3 aromatic carbocycles. The van der Waals surface area contributed by atoms with Crippen molar-refractivity contribution in [2.45, 2.75) is 52.6 Å². The lowest BCUT2D eigenvalue weighted by Crippen LogP contribution is -2.39. The highest BCUT2D eigenvalue weighted by molar-refractivity contribution is 5.78. The average molecular weight is 536 g/mol. The van der Waals surface area contributed by atoms with Crippen molar-refractivity contribution < 1.29 is 14.3 Å². The van der Waals surface area contributed by atoms with Gasteiger partial charge in [-0.15, -0.1) is 0 Å². The second kappa shape index (κ2) is 12.0. The number of nitrogens with zero attached hydrogens (tertiary/aromatic N) is 3. The van der Waals surface area contributed by atoms with Crippen LogP contribution in [0.2, 0.25) is 0 Å². The number of hydrogen-bond acceptors (Lipinski definition) is 6. The summed E-state index contributed by atoms with van der Waals surface area (Å²) >= 11 is 0. The second-order valence-electron chi connectivity index (χ2n) is 10.1. The van der Waals surface area contributed by atoms with Gasteiger partial charge in [0, 0.05) is 23.4 Å². The number of esters is 1. The normalized spacial score (nSPS) is 11.1. The first-order valence-corrected chi connectivity index (χ1v) is 13.3. The zero-order valence-corrected chi connectivity index (χ0v) is 23.5. The Labute approximate surface area is 234 Å². The number of nitriles is 1. The highest BCUT2D eigenvalue weighted by atomic mass is 16.6. The van der Waals surface area contributed by atoms with Crippen LogP contribution in [0.3, 0.4) is 0 Å². The first kappa shape index (κ1) is 28.3. The lowest BCUT2D eigenvalue weighted by molar-refractivity contribution is -0.156. The molecule has 4 aromatic rings. The fourth-order valence-corrected chi connectivity index (χ4v) is 4.82. The lowest BCUT2D eigenvalue weighted by Gasteiger charge is -2.24. The minimum Gasteiger partial charge on any atom is -0.476 e. The van der Waals surface area contributed by atoms with Crippen molar-refractivity contribution in [1.82, 2.24) is 9.55 Å². The number of aryl methyl sites for hydroxylation is 1. The average Bonchev–Trinajstić information content (AvgIpc) is 2.95. The standard InChI is InChI=1S/C33H33N3O4/c1-6-9-30-29(20-23-12-14-24(15-13-23)28-11-8-7-10-25(28)21-34)31(37)35-22(2)36(30)26-16-18-27(19-17-26)40-33(3,4)32(38)39-5/h7-8,10-19H,6,9,20H2,1-5H3. The fraction of sp³-hybridized carbons (Fsp3) is 0.273. The molecule has 40 heavy (non-hydrogen) atoms. The van der Waals surface area contributed by atoms with Gasteiger partial charge in [0.15, 0.2) is 5.60 Å². The molecule has 0 aliphatic carbocycles. The number of aromatic nitrogens is 2. The molecule has 0 spiro atoms. The third-order valence-corrected chi connectivity index (χ3v) is 6.79. The number of hydrogen-bond donors (Lipinski definition) is 0. The summed E-state index contributed by atoms with van der Waals surface area (Å²) in [6.45, 7) is 7.23. The first-order chi connectivity index (χ1) is 19.2. The van der Waals surface area contributed by atoms with E-state index in [0.29, 0.717) is 35.5 Å². The first-order valence-electron chi connectivity index (χ1n) is 13.3. The number of methoxy groups -OCH3 is 1. The molecule has 4 rings (SSSR count). The number of rotatable bonds is 9. The van der Waals surface area contributed by atoms with Gasteiger partial charge in [-0.25, -0.2) is 4.79 Å². The van der Waals surface area contributed by atoms with E-state index in [4.69, 9.17) is 9.47 Å². The molecule has 0 saturated carbocycles. The molecule has 7 heteroatoms. The molecule has 0 radical (unpaired) electrons. The lowest BCUT2D eigenvalue weighted by atomic mass is 9.97. The van der Waals surface area contributed by atoms with Crippen molar-refractivity contribution in [3.63, 3.8) is 0 Å². The van der Waals surface area contributed by atoms with E-state index in [0.717, 1.165) is 34.5 Å². The zero-order valence-electron chi connectivity index (χ0n) is 23.5. The molecule has 204 valence electrons. The van der Waals surface area contributed by atoms with E-state index in [2.05, 4.69) is 18.0 Å². The third kappa shape index (κ3) is 5.97. The van der Waals surface area contributed by atoms with Gasteiger partial charge in [0.1, 0.15) is 11.6 Å². The van der Waals surface area contributed by atoms with Crippen LogP contribution in [-0.2, 0) is 22.4 Å². The van der Waals surface area contributed by atoms with Crippen LogP contribution >= 0.6 is 0 Å². The Hall–Kier alpha value is -4.70. The molecular formula is C33H33N3O4. The van der Waals surface area contributed by atoms with Crippen LogP contribution in [-0.4, -0.2) is 28.2 Å². The van der Waals surface area contributed by atoms with Gasteiger partial charge in [-0.3, -0.25) is 4.79 Å². The molecule has 0 aliphatic heterocycles. The summed E-state index contributed by atoms with van der Waals surface area (Å²) in [6, 6.07) is 25.1. The SMILES string of the molecule is CCCc1c(Cc2ccc(-c3ccccc3C#N)cc2)c(=O)nc(C)n1-c1ccc(OC(C)(C)C(=O)OC)cc1. The van der Waals surface area contributed by atoms with Crippen molar-refractivity contribution >= 4 is 5.97 Å². The third-order valence-electron chi connectivity index (χ3n) is 6.79. The van der Waals surface area contributed by atoms with Crippen molar-refractivity contribution in [2.24, 2.45) is 0 Å². The molecule has 0 N–H and O–H groups in total. The quantitative estimate of drug-likeness (QED) is 0.246. The summed E-state index contributed by atoms with van der Waals surface area (Å²) in [5.74, 6) is 0.666. The number of ether oxygens (including phenoxy) is 2. The fourth-order valence-electron chi connectivity index (χ4n) is 4.82. The largest absolute Gasteiger partial charge is 0.476 e. The van der Waals surface area contributed by atoms with E-state index in [1.165, 1.54) is 7.11 Å². The van der Waals surface area contributed by atoms with Gasteiger partial charge < -0.3 is 14.0 Å². The maximum atomic E-state index is 13.2. The number of carbonyl (C=O) groups is 1. The van der Waals surface area contributed by atoms with Crippen LogP contribution in [0, 0.1) is 18.3 Å². The Balaban J connectivity index is 1.68. The van der Waals surface area contributed by atoms with Gasteiger partial charge in [-0.05, 0) is 74.2 Å². The minimum absolute atomic E-state index is 0.226. The van der Waals surface area contributed by atoms with Crippen LogP contribution in [0.15, 0.2) is 77.6 Å². The predicted octanol–water partition coefficient (Wildman–Crippen LogP) is 5.95. The Bertz CT molecular complexity index is 1610. The molecule has 0 aliphatic rings. The van der Waals surface area contributed by atoms with Crippen LogP contribution in [0.1, 0.15) is 55.4 Å². The Morgan fingerprint density at radius 1 is 1.02 bits per heavy atom. The van der Waals surface area contributed by atoms with Gasteiger partial charge in [0.2, 0.25) is 0 Å². The van der Waals surface area contributed by atoms with Gasteiger partial charge in [-0.1, -0.05) is 55.8 Å². The van der Waals surface area contributed by atoms with Gasteiger partial charge in [0.05, 0.1) is 18.7 Å². The number of carbonyl (C=O) groups excluding carboxylic acids is 1. The van der Waals surface area contributed by atoms with Gasteiger partial charge >= 0.3 is 5.97 Å². The van der Waals surface area contributed by atoms with Crippen molar-refractivity contribution in [1.29, 1.82) is 5.26 Å². The molecular weight excluding hydrogens is 502 g/mol. The smallest absolute Gasteiger partial charge is 0.349 e. The highest BCUT2D eigenvalue weighted by Crippen LogP contribution is 2.26. The maximum absolute atomic E-state index is 13.2. The van der Waals surface area contributed by atoms with Crippen molar-refractivity contribution in [3.05, 3.63) is 111 Å². The summed E-state index contributed by atoms with van der Waals surface area (Å²) in [5.41, 5.74) is 4.51. The van der Waals surface area contributed by atoms with E-state index in [-0.39, 0.29) is 5.56 Å². The van der Waals surface area contributed by atoms with E-state index >= 15 is 0 Å². The molecule has 0 bridgehead atoms. The molecule has 1 heterocycles. The van der Waals surface area contributed by atoms with Crippen LogP contribution < -0.4 is 10.3 Å². The molecule has 0 fully saturated rings. The molecule has 0 atom stereocenters. The Kier molecular flexibility index (Phi) is 8.49. The van der Waals surface area contributed by atoms with Crippen molar-refractivity contribution in [2.75, 3.05) is 7.11 Å². The van der Waals surface area contributed by atoms with E-state index in [1.54, 1.807) is 32.0 Å². The van der Waals surface area contributed by atoms with E-state index in [9.17, 15) is 14.9 Å². The zero-order chi connectivity index (χ0) is 28.9. The van der Waals surface area contributed by atoms with E-state index in [1.807, 2.05) is 66.1 Å². The molecule has 0 saturated heterocycles. The maximum Gasteiger partial charge on any atom is 0.349 e. The topological polar surface area (TPSA) is 94.2 Å². The summed E-state index contributed by atoms with van der Waals surface area (Å²) < 4.78 is 12.7. The predicted molar refractivity (Wildman–Crippen MR) is 155 cm³/mol. The summed E-state index contributed by atoms with van der Waals surface area (Å²) in [7, 11) is 1.33. The highest BCUT2D eigenvalue weighted by Gasteiger charge is 2.31.